The fourth-order valence-corrected chi connectivity index (χ4v) is 1.68. The third-order valence-electron chi connectivity index (χ3n) is 2.84. The van der Waals surface area contributed by atoms with Gasteiger partial charge in [-0.1, -0.05) is 11.6 Å². The van der Waals surface area contributed by atoms with Gasteiger partial charge in [0.2, 0.25) is 5.88 Å². The highest BCUT2D eigenvalue weighted by atomic mass is 35.5. The smallest absolute Gasteiger partial charge is 0.213 e. The molecule has 0 aliphatic heterocycles. The Morgan fingerprint density at radius 1 is 1.39 bits per heavy atom. The van der Waals surface area contributed by atoms with Gasteiger partial charge in [-0.05, 0) is 45.6 Å². The zero-order valence-corrected chi connectivity index (χ0v) is 12.0. The molecule has 1 heterocycles. The molecule has 3 nitrogen and oxygen atoms in total. The molecule has 0 amide bonds. The molecule has 1 aromatic heterocycles. The van der Waals surface area contributed by atoms with Crippen LogP contribution in [-0.4, -0.2) is 17.1 Å². The molecule has 0 radical (unpaired) electrons. The molecule has 0 unspecified atom stereocenters. The van der Waals surface area contributed by atoms with Crippen molar-refractivity contribution < 1.29 is 4.74 Å². The number of nitrogens with one attached hydrogen (secondary N) is 1. The van der Waals surface area contributed by atoms with E-state index >= 15 is 0 Å². The summed E-state index contributed by atoms with van der Waals surface area (Å²) in [5, 5.41) is 4.07. The van der Waals surface area contributed by atoms with Gasteiger partial charge in [0.15, 0.2) is 0 Å². The fraction of sp³-hybridized carbons (Fsp3) is 0.643. The molecule has 2 rings (SSSR count). The predicted octanol–water partition coefficient (Wildman–Crippen LogP) is 3.41. The lowest BCUT2D eigenvalue weighted by atomic mass is 10.1. The summed E-state index contributed by atoms with van der Waals surface area (Å²) >= 11 is 6.14. The van der Waals surface area contributed by atoms with Crippen LogP contribution in [-0.2, 0) is 6.54 Å². The molecule has 0 bridgehead atoms. The maximum absolute atomic E-state index is 6.14. The highest BCUT2D eigenvalue weighted by molar-refractivity contribution is 6.31. The van der Waals surface area contributed by atoms with E-state index in [1.54, 1.807) is 0 Å². The summed E-state index contributed by atoms with van der Waals surface area (Å²) in [5.74, 6) is 1.41. The van der Waals surface area contributed by atoms with Crippen molar-refractivity contribution in [3.8, 4) is 5.88 Å². The number of rotatable bonds is 5. The molecule has 0 aromatic carbocycles. The van der Waals surface area contributed by atoms with Gasteiger partial charge in [0.1, 0.15) is 0 Å². The van der Waals surface area contributed by atoms with Crippen molar-refractivity contribution in [2.24, 2.45) is 5.92 Å². The molecule has 1 saturated carbocycles. The number of pyridine rings is 1. The molecule has 0 atom stereocenters. The van der Waals surface area contributed by atoms with E-state index in [1.165, 1.54) is 12.8 Å². The molecule has 1 aliphatic rings. The summed E-state index contributed by atoms with van der Waals surface area (Å²) < 4.78 is 5.66. The number of aromatic nitrogens is 1. The molecule has 4 heteroatoms. The minimum atomic E-state index is 0.0515. The lowest BCUT2D eigenvalue weighted by Gasteiger charge is -2.20. The second kappa shape index (κ2) is 5.45. The van der Waals surface area contributed by atoms with Crippen LogP contribution >= 0.6 is 11.6 Å². The first-order valence-electron chi connectivity index (χ1n) is 6.47. The van der Waals surface area contributed by atoms with Crippen molar-refractivity contribution in [2.75, 3.05) is 6.61 Å². The van der Waals surface area contributed by atoms with Gasteiger partial charge in [-0.15, -0.1) is 0 Å². The SMILES string of the molecule is CC(C)(C)NCc1nc(OCC2CC2)ccc1Cl. The molecular formula is C14H21ClN2O. The standard InChI is InChI=1S/C14H21ClN2O/c1-14(2,3)16-8-12-11(15)6-7-13(17-12)18-9-10-4-5-10/h6-7,10,16H,4-5,8-9H2,1-3H3. The lowest BCUT2D eigenvalue weighted by molar-refractivity contribution is 0.287. The predicted molar refractivity (Wildman–Crippen MR) is 74.1 cm³/mol. The number of halogens is 1. The van der Waals surface area contributed by atoms with E-state index in [0.717, 1.165) is 18.2 Å². The summed E-state index contributed by atoms with van der Waals surface area (Å²) in [4.78, 5) is 4.46. The third-order valence-corrected chi connectivity index (χ3v) is 3.19. The molecule has 0 spiro atoms. The molecule has 1 fully saturated rings. The molecule has 0 saturated heterocycles. The third kappa shape index (κ3) is 4.46. The first kappa shape index (κ1) is 13.6. The zero-order chi connectivity index (χ0) is 13.2. The number of hydrogen-bond acceptors (Lipinski definition) is 3. The van der Waals surface area contributed by atoms with Gasteiger partial charge < -0.3 is 10.1 Å². The normalized spacial score (nSPS) is 15.8. The van der Waals surface area contributed by atoms with Gasteiger partial charge in [-0.3, -0.25) is 0 Å². The van der Waals surface area contributed by atoms with E-state index in [2.05, 4.69) is 31.1 Å². The van der Waals surface area contributed by atoms with Crippen LogP contribution < -0.4 is 10.1 Å². The highest BCUT2D eigenvalue weighted by Crippen LogP contribution is 2.29. The summed E-state index contributed by atoms with van der Waals surface area (Å²) in [6.07, 6.45) is 2.57. The zero-order valence-electron chi connectivity index (χ0n) is 11.3. The second-order valence-corrected chi connectivity index (χ2v) is 6.34. The Morgan fingerprint density at radius 2 is 2.11 bits per heavy atom. The Hall–Kier alpha value is -0.800. The molecule has 100 valence electrons. The van der Waals surface area contributed by atoms with E-state index in [1.807, 2.05) is 12.1 Å². The maximum atomic E-state index is 6.14. The van der Waals surface area contributed by atoms with Crippen LogP contribution in [0.3, 0.4) is 0 Å². The minimum Gasteiger partial charge on any atom is -0.477 e. The Kier molecular flexibility index (Phi) is 4.13. The van der Waals surface area contributed by atoms with Crippen molar-refractivity contribution >= 4 is 11.6 Å². The van der Waals surface area contributed by atoms with Crippen LogP contribution in [0, 0.1) is 5.92 Å². The minimum absolute atomic E-state index is 0.0515. The maximum Gasteiger partial charge on any atom is 0.213 e. The van der Waals surface area contributed by atoms with E-state index < -0.39 is 0 Å². The Morgan fingerprint density at radius 3 is 2.72 bits per heavy atom. The van der Waals surface area contributed by atoms with Gasteiger partial charge in [0.25, 0.3) is 0 Å². The summed E-state index contributed by atoms with van der Waals surface area (Å²) in [6, 6.07) is 3.70. The van der Waals surface area contributed by atoms with Gasteiger partial charge in [0, 0.05) is 18.2 Å². The largest absolute Gasteiger partial charge is 0.477 e. The van der Waals surface area contributed by atoms with Crippen molar-refractivity contribution in [3.05, 3.63) is 22.8 Å². The first-order chi connectivity index (χ1) is 8.44. The number of hydrogen-bond donors (Lipinski definition) is 1. The average molecular weight is 269 g/mol. The van der Waals surface area contributed by atoms with Gasteiger partial charge >= 0.3 is 0 Å². The molecule has 1 aromatic rings. The Labute approximate surface area is 114 Å². The molecule has 18 heavy (non-hydrogen) atoms. The van der Waals surface area contributed by atoms with Gasteiger partial charge in [-0.2, -0.15) is 0 Å². The number of nitrogens with zero attached hydrogens (tertiary/aromatic N) is 1. The van der Waals surface area contributed by atoms with E-state index in [0.29, 0.717) is 17.4 Å². The van der Waals surface area contributed by atoms with Crippen molar-refractivity contribution in [3.63, 3.8) is 0 Å². The molecular weight excluding hydrogens is 248 g/mol. The number of ether oxygens (including phenoxy) is 1. The van der Waals surface area contributed by atoms with Crippen molar-refractivity contribution in [2.45, 2.75) is 45.7 Å². The van der Waals surface area contributed by atoms with E-state index in [4.69, 9.17) is 16.3 Å². The summed E-state index contributed by atoms with van der Waals surface area (Å²) in [6.45, 7) is 7.79. The van der Waals surface area contributed by atoms with E-state index in [-0.39, 0.29) is 5.54 Å². The quantitative estimate of drug-likeness (QED) is 0.889. The van der Waals surface area contributed by atoms with Crippen LogP contribution in [0.15, 0.2) is 12.1 Å². The lowest BCUT2D eigenvalue weighted by Crippen LogP contribution is -2.35. The second-order valence-electron chi connectivity index (χ2n) is 5.94. The summed E-state index contributed by atoms with van der Waals surface area (Å²) in [5.41, 5.74) is 0.899. The van der Waals surface area contributed by atoms with Gasteiger partial charge in [0.05, 0.1) is 17.3 Å². The van der Waals surface area contributed by atoms with Crippen LogP contribution in [0.1, 0.15) is 39.3 Å². The first-order valence-corrected chi connectivity index (χ1v) is 6.85. The van der Waals surface area contributed by atoms with Crippen molar-refractivity contribution in [1.29, 1.82) is 0 Å². The van der Waals surface area contributed by atoms with Crippen LogP contribution in [0.5, 0.6) is 5.88 Å². The molecule has 1 N–H and O–H groups in total. The van der Waals surface area contributed by atoms with Crippen LogP contribution in [0.2, 0.25) is 5.02 Å². The van der Waals surface area contributed by atoms with Crippen LogP contribution in [0.4, 0.5) is 0 Å². The topological polar surface area (TPSA) is 34.2 Å². The Bertz CT molecular complexity index is 411. The van der Waals surface area contributed by atoms with Gasteiger partial charge in [-0.25, -0.2) is 4.98 Å². The average Bonchev–Trinajstić information content (AvgIpc) is 3.09. The van der Waals surface area contributed by atoms with Crippen molar-refractivity contribution in [1.82, 2.24) is 10.3 Å². The fourth-order valence-electron chi connectivity index (χ4n) is 1.51. The van der Waals surface area contributed by atoms with Crippen LogP contribution in [0.25, 0.3) is 0 Å². The monoisotopic (exact) mass is 268 g/mol. The summed E-state index contributed by atoms with van der Waals surface area (Å²) in [7, 11) is 0. The molecule has 1 aliphatic carbocycles. The Balaban J connectivity index is 1.96. The highest BCUT2D eigenvalue weighted by Gasteiger charge is 2.22. The van der Waals surface area contributed by atoms with E-state index in [9.17, 15) is 0 Å².